The minimum atomic E-state index is -0.0653. The van der Waals surface area contributed by atoms with Crippen molar-refractivity contribution < 1.29 is 9.53 Å². The van der Waals surface area contributed by atoms with E-state index in [0.717, 1.165) is 18.4 Å². The van der Waals surface area contributed by atoms with Gasteiger partial charge in [-0.2, -0.15) is 0 Å². The SMILES string of the molecule is Cc1c(N)cccc1C(=O)C1=CCCCO1. The molecule has 16 heavy (non-hydrogen) atoms. The number of nitrogen functional groups attached to an aromatic ring is 1. The van der Waals surface area contributed by atoms with Crippen LogP contribution in [0, 0.1) is 6.92 Å². The number of hydrogen-bond donors (Lipinski definition) is 1. The van der Waals surface area contributed by atoms with E-state index < -0.39 is 0 Å². The quantitative estimate of drug-likeness (QED) is 0.611. The number of carbonyl (C=O) groups excluding carboxylic acids is 1. The Hall–Kier alpha value is -1.77. The van der Waals surface area contributed by atoms with Crippen LogP contribution in [-0.4, -0.2) is 12.4 Å². The van der Waals surface area contributed by atoms with Crippen LogP contribution in [0.4, 0.5) is 5.69 Å². The van der Waals surface area contributed by atoms with Crippen molar-refractivity contribution in [3.05, 3.63) is 41.2 Å². The Morgan fingerprint density at radius 3 is 2.94 bits per heavy atom. The molecule has 0 spiro atoms. The molecular weight excluding hydrogens is 202 g/mol. The summed E-state index contributed by atoms with van der Waals surface area (Å²) < 4.78 is 5.36. The number of allylic oxidation sites excluding steroid dienone is 2. The number of anilines is 1. The average Bonchev–Trinajstić information content (AvgIpc) is 2.33. The van der Waals surface area contributed by atoms with Crippen LogP contribution in [0.3, 0.4) is 0 Å². The highest BCUT2D eigenvalue weighted by atomic mass is 16.5. The van der Waals surface area contributed by atoms with Crippen molar-refractivity contribution in [3.63, 3.8) is 0 Å². The molecule has 1 heterocycles. The molecule has 1 aromatic rings. The number of rotatable bonds is 2. The van der Waals surface area contributed by atoms with E-state index in [-0.39, 0.29) is 5.78 Å². The summed E-state index contributed by atoms with van der Waals surface area (Å²) in [5, 5.41) is 0. The van der Waals surface area contributed by atoms with E-state index in [1.54, 1.807) is 18.2 Å². The fourth-order valence-electron chi connectivity index (χ4n) is 1.75. The molecule has 3 nitrogen and oxygen atoms in total. The summed E-state index contributed by atoms with van der Waals surface area (Å²) in [7, 11) is 0. The zero-order chi connectivity index (χ0) is 11.5. The van der Waals surface area contributed by atoms with Crippen molar-refractivity contribution in [2.75, 3.05) is 12.3 Å². The average molecular weight is 217 g/mol. The number of hydrogen-bond acceptors (Lipinski definition) is 3. The summed E-state index contributed by atoms with van der Waals surface area (Å²) in [6, 6.07) is 5.37. The maximum Gasteiger partial charge on any atom is 0.227 e. The molecule has 0 saturated carbocycles. The highest BCUT2D eigenvalue weighted by molar-refractivity contribution is 6.09. The molecule has 1 aromatic carbocycles. The molecule has 0 fully saturated rings. The zero-order valence-corrected chi connectivity index (χ0v) is 9.32. The Balaban J connectivity index is 2.33. The minimum Gasteiger partial charge on any atom is -0.490 e. The van der Waals surface area contributed by atoms with Crippen molar-refractivity contribution in [1.29, 1.82) is 0 Å². The normalized spacial score (nSPS) is 15.2. The van der Waals surface area contributed by atoms with Crippen molar-refractivity contribution in [2.24, 2.45) is 0 Å². The maximum atomic E-state index is 12.1. The lowest BCUT2D eigenvalue weighted by Gasteiger charge is -2.15. The van der Waals surface area contributed by atoms with Gasteiger partial charge in [0.05, 0.1) is 6.61 Å². The van der Waals surface area contributed by atoms with Crippen LogP contribution in [0.2, 0.25) is 0 Å². The van der Waals surface area contributed by atoms with Crippen LogP contribution < -0.4 is 5.73 Å². The largest absolute Gasteiger partial charge is 0.490 e. The van der Waals surface area contributed by atoms with Gasteiger partial charge in [-0.1, -0.05) is 12.1 Å². The molecule has 0 aliphatic carbocycles. The molecule has 0 amide bonds. The molecule has 84 valence electrons. The van der Waals surface area contributed by atoms with Gasteiger partial charge < -0.3 is 10.5 Å². The second-order valence-corrected chi connectivity index (χ2v) is 3.91. The van der Waals surface area contributed by atoms with Crippen molar-refractivity contribution in [3.8, 4) is 0 Å². The van der Waals surface area contributed by atoms with Gasteiger partial charge in [-0.25, -0.2) is 0 Å². The van der Waals surface area contributed by atoms with E-state index in [0.29, 0.717) is 23.6 Å². The highest BCUT2D eigenvalue weighted by Gasteiger charge is 2.18. The number of benzene rings is 1. The van der Waals surface area contributed by atoms with Gasteiger partial charge in [0.1, 0.15) is 0 Å². The summed E-state index contributed by atoms with van der Waals surface area (Å²) >= 11 is 0. The number of carbonyl (C=O) groups is 1. The molecule has 3 heteroatoms. The molecule has 0 bridgehead atoms. The number of nitrogens with two attached hydrogens (primary N) is 1. The summed E-state index contributed by atoms with van der Waals surface area (Å²) in [5.41, 5.74) is 7.87. The van der Waals surface area contributed by atoms with Crippen LogP contribution in [0.15, 0.2) is 30.0 Å². The molecule has 0 radical (unpaired) electrons. The second-order valence-electron chi connectivity index (χ2n) is 3.91. The predicted molar refractivity (Wildman–Crippen MR) is 63.2 cm³/mol. The van der Waals surface area contributed by atoms with Gasteiger partial charge in [-0.05, 0) is 37.5 Å². The molecule has 0 atom stereocenters. The molecule has 0 aromatic heterocycles. The van der Waals surface area contributed by atoms with Crippen LogP contribution in [-0.2, 0) is 4.74 Å². The highest BCUT2D eigenvalue weighted by Crippen LogP contribution is 2.21. The molecule has 2 rings (SSSR count). The number of Topliss-reactive ketones (excluding diaryl/α,β-unsaturated/α-hetero) is 1. The minimum absolute atomic E-state index is 0.0653. The standard InChI is InChI=1S/C13H15NO2/c1-9-10(5-4-6-11(9)14)13(15)12-7-2-3-8-16-12/h4-7H,2-3,8,14H2,1H3. The monoisotopic (exact) mass is 217 g/mol. The molecular formula is C13H15NO2. The maximum absolute atomic E-state index is 12.1. The first-order valence-corrected chi connectivity index (χ1v) is 5.43. The Kier molecular flexibility index (Phi) is 2.95. The molecule has 1 aliphatic heterocycles. The summed E-state index contributed by atoms with van der Waals surface area (Å²) in [5.74, 6) is 0.393. The third-order valence-corrected chi connectivity index (χ3v) is 2.78. The van der Waals surface area contributed by atoms with Gasteiger partial charge in [-0.3, -0.25) is 4.79 Å². The van der Waals surface area contributed by atoms with Crippen LogP contribution in [0.5, 0.6) is 0 Å². The van der Waals surface area contributed by atoms with Crippen LogP contribution in [0.25, 0.3) is 0 Å². The first kappa shape index (κ1) is 10.7. The van der Waals surface area contributed by atoms with Gasteiger partial charge in [0, 0.05) is 11.3 Å². The van der Waals surface area contributed by atoms with Crippen molar-refractivity contribution >= 4 is 11.5 Å². The molecule has 0 saturated heterocycles. The smallest absolute Gasteiger partial charge is 0.227 e. The van der Waals surface area contributed by atoms with Crippen LogP contribution in [0.1, 0.15) is 28.8 Å². The lowest BCUT2D eigenvalue weighted by atomic mass is 10.0. The van der Waals surface area contributed by atoms with E-state index in [1.165, 1.54) is 0 Å². The lowest BCUT2D eigenvalue weighted by molar-refractivity contribution is 0.0898. The Bertz CT molecular complexity index is 449. The number of ether oxygens (including phenoxy) is 1. The van der Waals surface area contributed by atoms with Crippen molar-refractivity contribution in [2.45, 2.75) is 19.8 Å². The van der Waals surface area contributed by atoms with E-state index in [2.05, 4.69) is 0 Å². The molecule has 2 N–H and O–H groups in total. The van der Waals surface area contributed by atoms with Crippen molar-refractivity contribution in [1.82, 2.24) is 0 Å². The van der Waals surface area contributed by atoms with Gasteiger partial charge in [0.25, 0.3) is 0 Å². The van der Waals surface area contributed by atoms with Gasteiger partial charge in [0.15, 0.2) is 5.76 Å². The van der Waals surface area contributed by atoms with E-state index in [4.69, 9.17) is 10.5 Å². The third kappa shape index (κ3) is 1.94. The lowest BCUT2D eigenvalue weighted by Crippen LogP contribution is -2.13. The zero-order valence-electron chi connectivity index (χ0n) is 9.32. The summed E-state index contributed by atoms with van der Waals surface area (Å²) in [6.45, 7) is 2.48. The Labute approximate surface area is 94.9 Å². The van der Waals surface area contributed by atoms with Gasteiger partial charge in [0.2, 0.25) is 5.78 Å². The topological polar surface area (TPSA) is 52.3 Å². The van der Waals surface area contributed by atoms with E-state index in [1.807, 2.05) is 13.0 Å². The predicted octanol–water partition coefficient (Wildman–Crippen LogP) is 2.45. The third-order valence-electron chi connectivity index (χ3n) is 2.78. The molecule has 0 unspecified atom stereocenters. The van der Waals surface area contributed by atoms with Gasteiger partial charge in [-0.15, -0.1) is 0 Å². The summed E-state index contributed by atoms with van der Waals surface area (Å²) in [6.07, 6.45) is 3.74. The fourth-order valence-corrected chi connectivity index (χ4v) is 1.75. The van der Waals surface area contributed by atoms with Crippen LogP contribution >= 0.6 is 0 Å². The number of ketones is 1. The first-order chi connectivity index (χ1) is 7.70. The molecule has 1 aliphatic rings. The first-order valence-electron chi connectivity index (χ1n) is 5.43. The Morgan fingerprint density at radius 2 is 2.25 bits per heavy atom. The van der Waals surface area contributed by atoms with E-state index in [9.17, 15) is 4.79 Å². The fraction of sp³-hybridized carbons (Fsp3) is 0.308. The Morgan fingerprint density at radius 1 is 1.44 bits per heavy atom. The second kappa shape index (κ2) is 4.39. The van der Waals surface area contributed by atoms with E-state index >= 15 is 0 Å². The summed E-state index contributed by atoms with van der Waals surface area (Å²) in [4.78, 5) is 12.1. The van der Waals surface area contributed by atoms with Gasteiger partial charge >= 0.3 is 0 Å².